The Balaban J connectivity index is 3.03. The van der Waals surface area contributed by atoms with Crippen LogP contribution in [-0.4, -0.2) is 19.2 Å². The van der Waals surface area contributed by atoms with Crippen LogP contribution in [0.1, 0.15) is 96.8 Å². The molecule has 0 atom stereocenters. The van der Waals surface area contributed by atoms with E-state index >= 15 is 0 Å². The summed E-state index contributed by atoms with van der Waals surface area (Å²) in [7, 11) is 5.12. The molecule has 0 N–H and O–H groups in total. The van der Waals surface area contributed by atoms with Crippen molar-refractivity contribution in [2.45, 2.75) is 101 Å². The quantitative estimate of drug-likeness (QED) is 0.149. The third-order valence-corrected chi connectivity index (χ3v) is 6.75. The van der Waals surface area contributed by atoms with E-state index in [1.165, 1.54) is 94.3 Å². The summed E-state index contributed by atoms with van der Waals surface area (Å²) in [5, 5.41) is 0. The summed E-state index contributed by atoms with van der Waals surface area (Å²) in [6, 6.07) is 0. The van der Waals surface area contributed by atoms with Crippen molar-refractivity contribution in [2.24, 2.45) is 0 Å². The van der Waals surface area contributed by atoms with Gasteiger partial charge in [-0.1, -0.05) is 39.0 Å². The Labute approximate surface area is 141 Å². The number of rotatable bonds is 16. The van der Waals surface area contributed by atoms with E-state index in [1.807, 2.05) is 0 Å². The Morgan fingerprint density at radius 2 is 1.10 bits per heavy atom. The second-order valence-corrected chi connectivity index (χ2v) is 10.0. The molecule has 1 radical (unpaired) electrons. The second-order valence-electron chi connectivity index (χ2n) is 5.83. The molecule has 0 aliphatic carbocycles. The maximum absolute atomic E-state index is 5.12. The van der Waals surface area contributed by atoms with E-state index in [1.54, 1.807) is 0 Å². The average molecular weight is 402 g/mol. The third kappa shape index (κ3) is 18.8. The fourth-order valence-corrected chi connectivity index (χ4v) is 4.54. The van der Waals surface area contributed by atoms with Crippen molar-refractivity contribution in [2.75, 3.05) is 0 Å². The molecule has 2 heteroatoms. The normalized spacial score (nSPS) is 11.2. The molecule has 117 valence electrons. The molecule has 0 spiro atoms. The van der Waals surface area contributed by atoms with Gasteiger partial charge in [0.2, 0.25) is 0 Å². The van der Waals surface area contributed by atoms with E-state index in [4.69, 9.17) is 9.29 Å². The van der Waals surface area contributed by atoms with Gasteiger partial charge in [-0.3, -0.25) is 0 Å². The fraction of sp³-hybridized carbons (Fsp3) is 0.889. The van der Waals surface area contributed by atoms with Crippen molar-refractivity contribution in [1.82, 2.24) is 0 Å². The van der Waals surface area contributed by atoms with E-state index in [-0.39, 0.29) is 19.2 Å². The van der Waals surface area contributed by atoms with Gasteiger partial charge >= 0.3 is 103 Å². The number of hydrogen-bond donors (Lipinski definition) is 0. The van der Waals surface area contributed by atoms with Crippen molar-refractivity contribution in [1.29, 1.82) is 0 Å². The molecule has 0 aromatic carbocycles. The zero-order valence-corrected chi connectivity index (χ0v) is 17.3. The van der Waals surface area contributed by atoms with Crippen molar-refractivity contribution in [3.05, 3.63) is 12.2 Å². The number of allylic oxidation sites excluding steroid dienone is 2. The summed E-state index contributed by atoms with van der Waals surface area (Å²) in [5.74, 6) is 0. The first-order valence-electron chi connectivity index (χ1n) is 8.91. The predicted octanol–water partition coefficient (Wildman–Crippen LogP) is 7.26. The standard InChI is InChI=1S/C18H35.S.Sn/c1-3-5-7-9-11-13-15-17-18-16-14-12-10-8-6-4-2;;/h17-18H,1,3-16H2,2H3;;. The van der Waals surface area contributed by atoms with Crippen LogP contribution in [-0.2, 0) is 0 Å². The molecule has 20 heavy (non-hydrogen) atoms. The van der Waals surface area contributed by atoms with E-state index in [2.05, 4.69) is 19.1 Å². The monoisotopic (exact) mass is 403 g/mol. The Morgan fingerprint density at radius 1 is 0.650 bits per heavy atom. The van der Waals surface area contributed by atoms with Crippen molar-refractivity contribution in [3.8, 4) is 0 Å². The van der Waals surface area contributed by atoms with Gasteiger partial charge in [0.1, 0.15) is 0 Å². The summed E-state index contributed by atoms with van der Waals surface area (Å²) in [4.78, 5) is 0. The minimum atomic E-state index is -0.306. The van der Waals surface area contributed by atoms with Crippen LogP contribution < -0.4 is 0 Å². The van der Waals surface area contributed by atoms with Gasteiger partial charge in [0.25, 0.3) is 0 Å². The summed E-state index contributed by atoms with van der Waals surface area (Å²) in [6.45, 7) is 2.28. The van der Waals surface area contributed by atoms with Crippen LogP contribution in [0, 0.1) is 0 Å². The molecule has 0 saturated carbocycles. The molecular formula is C18H35SSn. The molecule has 0 amide bonds. The van der Waals surface area contributed by atoms with Gasteiger partial charge < -0.3 is 0 Å². The molecule has 0 heterocycles. The predicted molar refractivity (Wildman–Crippen MR) is 97.6 cm³/mol. The Morgan fingerprint density at radius 3 is 1.60 bits per heavy atom. The Kier molecular flexibility index (Phi) is 20.5. The summed E-state index contributed by atoms with van der Waals surface area (Å²) >= 11 is -0.306. The molecule has 0 bridgehead atoms. The summed E-state index contributed by atoms with van der Waals surface area (Å²) in [5.41, 5.74) is 0. The molecule has 0 aromatic rings. The molecule has 0 unspecified atom stereocenters. The molecule has 0 rings (SSSR count). The molecule has 0 aliphatic rings. The summed E-state index contributed by atoms with van der Waals surface area (Å²) in [6.07, 6.45) is 24.5. The third-order valence-electron chi connectivity index (χ3n) is 3.79. The van der Waals surface area contributed by atoms with Crippen LogP contribution in [0.4, 0.5) is 0 Å². The van der Waals surface area contributed by atoms with Crippen LogP contribution in [0.5, 0.6) is 0 Å². The first-order valence-corrected chi connectivity index (χ1v) is 14.8. The molecule has 0 fully saturated rings. The van der Waals surface area contributed by atoms with Crippen LogP contribution in [0.15, 0.2) is 12.2 Å². The zero-order chi connectivity index (χ0) is 14.7. The Hall–Kier alpha value is 0.759. The fourth-order valence-electron chi connectivity index (χ4n) is 2.44. The van der Waals surface area contributed by atoms with Gasteiger partial charge in [-0.15, -0.1) is 0 Å². The van der Waals surface area contributed by atoms with Gasteiger partial charge in [0.15, 0.2) is 0 Å². The van der Waals surface area contributed by atoms with Gasteiger partial charge in [-0.2, -0.15) is 0 Å². The van der Waals surface area contributed by atoms with E-state index in [0.717, 1.165) is 0 Å². The van der Waals surface area contributed by atoms with Crippen LogP contribution >= 0.6 is 9.29 Å². The van der Waals surface area contributed by atoms with Crippen LogP contribution in [0.2, 0.25) is 4.44 Å². The molecule has 0 saturated heterocycles. The van der Waals surface area contributed by atoms with Crippen LogP contribution in [0.3, 0.4) is 0 Å². The van der Waals surface area contributed by atoms with Crippen molar-refractivity contribution < 1.29 is 0 Å². The van der Waals surface area contributed by atoms with Crippen molar-refractivity contribution >= 4 is 28.5 Å². The SMILES string of the molecule is CCCCCCCCC=CCCCCCCC[CH2][Sn]=[S]. The van der Waals surface area contributed by atoms with Gasteiger partial charge in [0, 0.05) is 0 Å². The molecule has 0 aliphatic heterocycles. The Bertz CT molecular complexity index is 213. The van der Waals surface area contributed by atoms with Gasteiger partial charge in [0.05, 0.1) is 0 Å². The van der Waals surface area contributed by atoms with E-state index < -0.39 is 0 Å². The van der Waals surface area contributed by atoms with Gasteiger partial charge in [-0.05, 0) is 0 Å². The zero-order valence-electron chi connectivity index (χ0n) is 13.7. The first kappa shape index (κ1) is 20.8. The van der Waals surface area contributed by atoms with E-state index in [9.17, 15) is 0 Å². The van der Waals surface area contributed by atoms with E-state index in [0.29, 0.717) is 0 Å². The molecule has 0 nitrogen and oxygen atoms in total. The summed E-state index contributed by atoms with van der Waals surface area (Å²) < 4.78 is 1.42. The molecule has 0 aromatic heterocycles. The first-order chi connectivity index (χ1) is 9.91. The van der Waals surface area contributed by atoms with Crippen LogP contribution in [0.25, 0.3) is 0 Å². The second kappa shape index (κ2) is 19.8. The van der Waals surface area contributed by atoms with Crippen molar-refractivity contribution in [3.63, 3.8) is 0 Å². The number of unbranched alkanes of at least 4 members (excludes halogenated alkanes) is 12. The minimum absolute atomic E-state index is 0.306. The number of hydrogen-bond acceptors (Lipinski definition) is 1. The molecular weight excluding hydrogens is 367 g/mol. The average Bonchev–Trinajstić information content (AvgIpc) is 2.47. The van der Waals surface area contributed by atoms with Gasteiger partial charge in [-0.25, -0.2) is 0 Å². The maximum atomic E-state index is 5.12. The topological polar surface area (TPSA) is 0 Å².